The van der Waals surface area contributed by atoms with Crippen molar-refractivity contribution in [3.63, 3.8) is 0 Å². The lowest BCUT2D eigenvalue weighted by atomic mass is 10.1. The van der Waals surface area contributed by atoms with Gasteiger partial charge in [-0.05, 0) is 29.8 Å². The third kappa shape index (κ3) is 3.28. The molecule has 0 aliphatic rings. The maximum atomic E-state index is 11.4. The third-order valence-corrected chi connectivity index (χ3v) is 4.12. The topological polar surface area (TPSA) is 81.0 Å². The average molecular weight is 343 g/mol. The Kier molecular flexibility index (Phi) is 4.11. The van der Waals surface area contributed by atoms with Crippen LogP contribution in [0.2, 0.25) is 0 Å². The van der Waals surface area contributed by atoms with E-state index in [0.29, 0.717) is 18.0 Å². The van der Waals surface area contributed by atoms with Crippen LogP contribution in [0.3, 0.4) is 0 Å². The maximum Gasteiger partial charge on any atom is 0.248 e. The van der Waals surface area contributed by atoms with Crippen molar-refractivity contribution in [2.45, 2.75) is 6.61 Å². The van der Waals surface area contributed by atoms with Crippen molar-refractivity contribution in [2.24, 2.45) is 5.73 Å². The molecule has 4 rings (SSSR count). The Hall–Kier alpha value is -3.60. The summed E-state index contributed by atoms with van der Waals surface area (Å²) in [5.41, 5.74) is 9.43. The number of aromatic amines is 1. The number of benzene rings is 3. The molecular formula is C21H17N3O2. The molecule has 0 radical (unpaired) electrons. The van der Waals surface area contributed by atoms with E-state index in [1.54, 1.807) is 18.2 Å². The highest BCUT2D eigenvalue weighted by Crippen LogP contribution is 2.25. The molecule has 0 saturated carbocycles. The van der Waals surface area contributed by atoms with Crippen molar-refractivity contribution in [2.75, 3.05) is 0 Å². The monoisotopic (exact) mass is 343 g/mol. The van der Waals surface area contributed by atoms with E-state index in [-0.39, 0.29) is 0 Å². The molecule has 0 atom stereocenters. The quantitative estimate of drug-likeness (QED) is 0.576. The Bertz CT molecular complexity index is 1070. The van der Waals surface area contributed by atoms with Crippen molar-refractivity contribution in [3.8, 4) is 17.1 Å². The van der Waals surface area contributed by atoms with Gasteiger partial charge in [0.2, 0.25) is 5.91 Å². The molecule has 3 N–H and O–H groups in total. The van der Waals surface area contributed by atoms with Gasteiger partial charge in [-0.25, -0.2) is 4.98 Å². The molecular weight excluding hydrogens is 326 g/mol. The number of imidazole rings is 1. The number of carbonyl (C=O) groups excluding carboxylic acids is 1. The molecule has 1 aromatic heterocycles. The summed E-state index contributed by atoms with van der Waals surface area (Å²) < 4.78 is 5.86. The van der Waals surface area contributed by atoms with E-state index in [2.05, 4.69) is 9.97 Å². The Morgan fingerprint density at radius 3 is 2.65 bits per heavy atom. The molecule has 4 aromatic rings. The van der Waals surface area contributed by atoms with Crippen LogP contribution < -0.4 is 10.5 Å². The van der Waals surface area contributed by atoms with E-state index < -0.39 is 5.91 Å². The van der Waals surface area contributed by atoms with Gasteiger partial charge in [0.1, 0.15) is 18.2 Å². The van der Waals surface area contributed by atoms with Crippen LogP contribution in [0.4, 0.5) is 0 Å². The second-order valence-electron chi connectivity index (χ2n) is 5.98. The highest BCUT2D eigenvalue weighted by molar-refractivity contribution is 5.94. The number of nitrogens with zero attached hydrogens (tertiary/aromatic N) is 1. The summed E-state index contributed by atoms with van der Waals surface area (Å²) in [5, 5.41) is 0. The number of ether oxygens (including phenoxy) is 1. The van der Waals surface area contributed by atoms with Gasteiger partial charge in [0.15, 0.2) is 0 Å². The normalized spacial score (nSPS) is 10.8. The number of amides is 1. The molecule has 0 aliphatic carbocycles. The first kappa shape index (κ1) is 15.9. The second kappa shape index (κ2) is 6.72. The zero-order valence-corrected chi connectivity index (χ0v) is 14.0. The molecule has 3 aromatic carbocycles. The second-order valence-corrected chi connectivity index (χ2v) is 5.98. The van der Waals surface area contributed by atoms with Crippen LogP contribution in [0.15, 0.2) is 72.8 Å². The predicted octanol–water partition coefficient (Wildman–Crippen LogP) is 3.91. The third-order valence-electron chi connectivity index (χ3n) is 4.12. The fourth-order valence-corrected chi connectivity index (χ4v) is 2.78. The van der Waals surface area contributed by atoms with Gasteiger partial charge in [0.05, 0.1) is 11.0 Å². The first-order chi connectivity index (χ1) is 12.7. The fourth-order valence-electron chi connectivity index (χ4n) is 2.78. The van der Waals surface area contributed by atoms with E-state index in [0.717, 1.165) is 27.9 Å². The Morgan fingerprint density at radius 2 is 1.85 bits per heavy atom. The first-order valence-electron chi connectivity index (χ1n) is 8.26. The molecule has 0 aliphatic heterocycles. The zero-order valence-electron chi connectivity index (χ0n) is 14.0. The number of nitrogens with two attached hydrogens (primary N) is 1. The number of primary amides is 1. The maximum absolute atomic E-state index is 11.4. The van der Waals surface area contributed by atoms with Crippen LogP contribution >= 0.6 is 0 Å². The van der Waals surface area contributed by atoms with E-state index in [9.17, 15) is 4.79 Å². The molecule has 26 heavy (non-hydrogen) atoms. The molecule has 1 amide bonds. The van der Waals surface area contributed by atoms with Crippen molar-refractivity contribution in [3.05, 3.63) is 83.9 Å². The van der Waals surface area contributed by atoms with Gasteiger partial charge in [-0.15, -0.1) is 0 Å². The number of carbonyl (C=O) groups is 1. The van der Waals surface area contributed by atoms with E-state index in [4.69, 9.17) is 10.5 Å². The van der Waals surface area contributed by atoms with Gasteiger partial charge in [0.25, 0.3) is 0 Å². The van der Waals surface area contributed by atoms with Gasteiger partial charge in [-0.2, -0.15) is 0 Å². The zero-order chi connectivity index (χ0) is 17.9. The number of hydrogen-bond donors (Lipinski definition) is 2. The number of hydrogen-bond acceptors (Lipinski definition) is 3. The lowest BCUT2D eigenvalue weighted by Gasteiger charge is -2.05. The van der Waals surface area contributed by atoms with E-state index >= 15 is 0 Å². The molecule has 128 valence electrons. The minimum atomic E-state index is -0.459. The minimum Gasteiger partial charge on any atom is -0.489 e. The van der Waals surface area contributed by atoms with E-state index in [1.165, 1.54) is 0 Å². The molecule has 0 bridgehead atoms. The molecule has 0 spiro atoms. The predicted molar refractivity (Wildman–Crippen MR) is 101 cm³/mol. The van der Waals surface area contributed by atoms with E-state index in [1.807, 2.05) is 54.6 Å². The Balaban J connectivity index is 1.59. The molecule has 0 saturated heterocycles. The lowest BCUT2D eigenvalue weighted by Crippen LogP contribution is -2.10. The lowest BCUT2D eigenvalue weighted by molar-refractivity contribution is 0.100. The molecule has 1 heterocycles. The van der Waals surface area contributed by atoms with Gasteiger partial charge in [-0.3, -0.25) is 4.79 Å². The number of fused-ring (bicyclic) bond motifs is 1. The summed E-state index contributed by atoms with van der Waals surface area (Å²) in [5.74, 6) is 0.991. The fraction of sp³-hybridized carbons (Fsp3) is 0.0476. The molecule has 0 fully saturated rings. The Morgan fingerprint density at radius 1 is 1.00 bits per heavy atom. The smallest absolute Gasteiger partial charge is 0.248 e. The van der Waals surface area contributed by atoms with Crippen molar-refractivity contribution < 1.29 is 9.53 Å². The van der Waals surface area contributed by atoms with Crippen molar-refractivity contribution >= 4 is 16.9 Å². The molecule has 5 nitrogen and oxygen atoms in total. The minimum absolute atomic E-state index is 0.454. The SMILES string of the molecule is NC(=O)c1cccc(-c2nc3ccc(OCc4ccccc4)cc3[nH]2)c1. The number of H-pyrrole nitrogens is 1. The van der Waals surface area contributed by atoms with Crippen LogP contribution in [-0.2, 0) is 6.61 Å². The first-order valence-corrected chi connectivity index (χ1v) is 8.26. The summed E-state index contributed by atoms with van der Waals surface area (Å²) in [6.07, 6.45) is 0. The van der Waals surface area contributed by atoms with Crippen LogP contribution in [-0.4, -0.2) is 15.9 Å². The summed E-state index contributed by atoms with van der Waals surface area (Å²) in [4.78, 5) is 19.2. The largest absolute Gasteiger partial charge is 0.489 e. The number of aromatic nitrogens is 2. The highest BCUT2D eigenvalue weighted by atomic mass is 16.5. The van der Waals surface area contributed by atoms with Crippen LogP contribution in [0.25, 0.3) is 22.4 Å². The number of nitrogens with one attached hydrogen (secondary N) is 1. The summed E-state index contributed by atoms with van der Waals surface area (Å²) in [6, 6.07) is 22.8. The summed E-state index contributed by atoms with van der Waals surface area (Å²) in [6.45, 7) is 0.508. The average Bonchev–Trinajstić information content (AvgIpc) is 3.11. The van der Waals surface area contributed by atoms with Gasteiger partial charge in [-0.1, -0.05) is 42.5 Å². The standard InChI is InChI=1S/C21H17N3O2/c22-20(25)15-7-4-8-16(11-15)21-23-18-10-9-17(12-19(18)24-21)26-13-14-5-2-1-3-6-14/h1-12H,13H2,(H2,22,25)(H,23,24). The van der Waals surface area contributed by atoms with Crippen molar-refractivity contribution in [1.82, 2.24) is 9.97 Å². The molecule has 0 unspecified atom stereocenters. The molecule has 5 heteroatoms. The van der Waals surface area contributed by atoms with Gasteiger partial charge in [0, 0.05) is 17.2 Å². The van der Waals surface area contributed by atoms with Gasteiger partial charge >= 0.3 is 0 Å². The Labute approximate surface area is 150 Å². The van der Waals surface area contributed by atoms with Crippen LogP contribution in [0.1, 0.15) is 15.9 Å². The van der Waals surface area contributed by atoms with Crippen molar-refractivity contribution in [1.29, 1.82) is 0 Å². The van der Waals surface area contributed by atoms with Gasteiger partial charge < -0.3 is 15.5 Å². The van der Waals surface area contributed by atoms with Crippen LogP contribution in [0.5, 0.6) is 5.75 Å². The highest BCUT2D eigenvalue weighted by Gasteiger charge is 2.09. The summed E-state index contributed by atoms with van der Waals surface area (Å²) in [7, 11) is 0. The number of rotatable bonds is 5. The summed E-state index contributed by atoms with van der Waals surface area (Å²) >= 11 is 0. The van der Waals surface area contributed by atoms with Crippen LogP contribution in [0, 0.1) is 0 Å².